The van der Waals surface area contributed by atoms with Crippen LogP contribution in [0.1, 0.15) is 28.6 Å². The second-order valence-electron chi connectivity index (χ2n) is 6.86. The Labute approximate surface area is 156 Å². The summed E-state index contributed by atoms with van der Waals surface area (Å²) in [7, 11) is 1.95. The molecule has 3 heterocycles. The summed E-state index contributed by atoms with van der Waals surface area (Å²) in [5.41, 5.74) is 1.55. The standard InChI is InChI=1S/C20H20FN3O3/c1-24(11-17-9-18(27-23-17)20(25)12-26-13-20)19(15-3-2-8-22-10-15)14-4-6-16(21)7-5-14/h2-10,19,25H,11-13H2,1H3. The van der Waals surface area contributed by atoms with Crippen LogP contribution in [0, 0.1) is 5.82 Å². The Morgan fingerprint density at radius 1 is 1.22 bits per heavy atom. The second kappa shape index (κ2) is 7.19. The molecule has 27 heavy (non-hydrogen) atoms. The number of aliphatic hydroxyl groups is 1. The zero-order valence-corrected chi connectivity index (χ0v) is 14.9. The third kappa shape index (κ3) is 3.62. The topological polar surface area (TPSA) is 71.6 Å². The van der Waals surface area contributed by atoms with Gasteiger partial charge in [-0.1, -0.05) is 23.4 Å². The lowest BCUT2D eigenvalue weighted by molar-refractivity contribution is -0.195. The molecule has 1 atom stereocenters. The van der Waals surface area contributed by atoms with Gasteiger partial charge in [-0.05, 0) is 36.4 Å². The van der Waals surface area contributed by atoms with Gasteiger partial charge < -0.3 is 14.4 Å². The molecule has 4 rings (SSSR count). The van der Waals surface area contributed by atoms with Crippen LogP contribution in [0.2, 0.25) is 0 Å². The summed E-state index contributed by atoms with van der Waals surface area (Å²) >= 11 is 0. The molecule has 1 aliphatic rings. The minimum atomic E-state index is -1.08. The molecule has 6 nitrogen and oxygen atoms in total. The van der Waals surface area contributed by atoms with E-state index in [1.807, 2.05) is 19.2 Å². The van der Waals surface area contributed by atoms with Crippen LogP contribution in [-0.4, -0.2) is 40.4 Å². The number of hydrogen-bond acceptors (Lipinski definition) is 6. The molecular formula is C20H20FN3O3. The van der Waals surface area contributed by atoms with E-state index in [-0.39, 0.29) is 25.1 Å². The third-order valence-electron chi connectivity index (χ3n) is 4.74. The van der Waals surface area contributed by atoms with Crippen molar-refractivity contribution in [1.29, 1.82) is 0 Å². The summed E-state index contributed by atoms with van der Waals surface area (Å²) in [4.78, 5) is 6.29. The molecule has 0 bridgehead atoms. The maximum absolute atomic E-state index is 13.4. The fraction of sp³-hybridized carbons (Fsp3) is 0.300. The van der Waals surface area contributed by atoms with E-state index in [9.17, 15) is 9.50 Å². The van der Waals surface area contributed by atoms with Crippen LogP contribution in [0.3, 0.4) is 0 Å². The van der Waals surface area contributed by atoms with Gasteiger partial charge in [0.25, 0.3) is 0 Å². The molecule has 3 aromatic rings. The van der Waals surface area contributed by atoms with Gasteiger partial charge in [-0.3, -0.25) is 9.88 Å². The second-order valence-corrected chi connectivity index (χ2v) is 6.86. The molecule has 0 spiro atoms. The molecule has 1 aliphatic heterocycles. The van der Waals surface area contributed by atoms with Crippen molar-refractivity contribution in [2.75, 3.05) is 20.3 Å². The number of aromatic nitrogens is 2. The van der Waals surface area contributed by atoms with Crippen LogP contribution >= 0.6 is 0 Å². The number of pyridine rings is 1. The Kier molecular flexibility index (Phi) is 4.73. The van der Waals surface area contributed by atoms with E-state index in [4.69, 9.17) is 9.26 Å². The number of nitrogens with zero attached hydrogens (tertiary/aromatic N) is 3. The van der Waals surface area contributed by atoms with E-state index >= 15 is 0 Å². The highest BCUT2D eigenvalue weighted by Crippen LogP contribution is 2.31. The van der Waals surface area contributed by atoms with E-state index in [1.165, 1.54) is 12.1 Å². The third-order valence-corrected chi connectivity index (χ3v) is 4.74. The molecule has 140 valence electrons. The molecule has 0 saturated carbocycles. The molecule has 2 aromatic heterocycles. The normalized spacial score (nSPS) is 16.9. The minimum Gasteiger partial charge on any atom is -0.377 e. The lowest BCUT2D eigenvalue weighted by Gasteiger charge is -2.33. The highest BCUT2D eigenvalue weighted by Gasteiger charge is 2.42. The van der Waals surface area contributed by atoms with Gasteiger partial charge in [0.1, 0.15) is 5.82 Å². The Balaban J connectivity index is 1.59. The van der Waals surface area contributed by atoms with E-state index in [0.717, 1.165) is 11.1 Å². The van der Waals surface area contributed by atoms with Crippen LogP contribution in [0.5, 0.6) is 0 Å². The fourth-order valence-electron chi connectivity index (χ4n) is 3.27. The van der Waals surface area contributed by atoms with Crippen molar-refractivity contribution in [2.45, 2.75) is 18.2 Å². The van der Waals surface area contributed by atoms with Crippen LogP contribution in [0.4, 0.5) is 4.39 Å². The van der Waals surface area contributed by atoms with Crippen molar-refractivity contribution in [3.63, 3.8) is 0 Å². The molecule has 1 fully saturated rings. The lowest BCUT2D eigenvalue weighted by atomic mass is 9.97. The SMILES string of the molecule is CN(Cc1cc(C2(O)COC2)on1)C(c1ccc(F)cc1)c1cccnc1. The Morgan fingerprint density at radius 2 is 2.00 bits per heavy atom. The average molecular weight is 369 g/mol. The first kappa shape index (κ1) is 17.8. The Bertz CT molecular complexity index is 894. The molecule has 1 saturated heterocycles. The predicted molar refractivity (Wildman–Crippen MR) is 95.2 cm³/mol. The number of hydrogen-bond donors (Lipinski definition) is 1. The van der Waals surface area contributed by atoms with E-state index < -0.39 is 5.60 Å². The largest absolute Gasteiger partial charge is 0.377 e. The van der Waals surface area contributed by atoms with Crippen molar-refractivity contribution in [3.8, 4) is 0 Å². The monoisotopic (exact) mass is 369 g/mol. The van der Waals surface area contributed by atoms with Crippen molar-refractivity contribution >= 4 is 0 Å². The number of rotatable bonds is 6. The molecule has 1 unspecified atom stereocenters. The van der Waals surface area contributed by atoms with Gasteiger partial charge in [-0.25, -0.2) is 4.39 Å². The van der Waals surface area contributed by atoms with E-state index in [2.05, 4.69) is 15.0 Å². The lowest BCUT2D eigenvalue weighted by Crippen LogP contribution is -2.46. The van der Waals surface area contributed by atoms with Crippen LogP contribution in [-0.2, 0) is 16.9 Å². The molecular weight excluding hydrogens is 349 g/mol. The molecule has 7 heteroatoms. The molecule has 0 radical (unpaired) electrons. The van der Waals surface area contributed by atoms with Crippen molar-refractivity contribution < 1.29 is 18.8 Å². The fourth-order valence-corrected chi connectivity index (χ4v) is 3.27. The quantitative estimate of drug-likeness (QED) is 0.720. The van der Waals surface area contributed by atoms with Crippen molar-refractivity contribution in [2.24, 2.45) is 0 Å². The zero-order valence-electron chi connectivity index (χ0n) is 14.9. The summed E-state index contributed by atoms with van der Waals surface area (Å²) in [6, 6.07) is 11.9. The first-order valence-electron chi connectivity index (χ1n) is 8.67. The van der Waals surface area contributed by atoms with Gasteiger partial charge in [0.05, 0.1) is 24.9 Å². The maximum Gasteiger partial charge on any atom is 0.173 e. The first-order chi connectivity index (χ1) is 13.0. The molecule has 0 amide bonds. The summed E-state index contributed by atoms with van der Waals surface area (Å²) in [6.45, 7) is 0.911. The zero-order chi connectivity index (χ0) is 18.9. The summed E-state index contributed by atoms with van der Waals surface area (Å²) < 4.78 is 23.7. The van der Waals surface area contributed by atoms with Gasteiger partial charge in [0, 0.05) is 25.0 Å². The van der Waals surface area contributed by atoms with Crippen molar-refractivity contribution in [1.82, 2.24) is 15.0 Å². The summed E-state index contributed by atoms with van der Waals surface area (Å²) in [5, 5.41) is 14.4. The predicted octanol–water partition coefficient (Wildman–Crippen LogP) is 2.65. The van der Waals surface area contributed by atoms with E-state index in [0.29, 0.717) is 18.0 Å². The number of benzene rings is 1. The van der Waals surface area contributed by atoms with E-state index in [1.54, 1.807) is 30.6 Å². The average Bonchev–Trinajstić information content (AvgIpc) is 3.11. The minimum absolute atomic E-state index is 0.130. The maximum atomic E-state index is 13.4. The Hall–Kier alpha value is -2.61. The summed E-state index contributed by atoms with van der Waals surface area (Å²) in [5.74, 6) is 0.139. The van der Waals surface area contributed by atoms with Crippen molar-refractivity contribution in [3.05, 3.63) is 83.3 Å². The summed E-state index contributed by atoms with van der Waals surface area (Å²) in [6.07, 6.45) is 3.52. The number of halogens is 1. The molecule has 1 N–H and O–H groups in total. The molecule has 0 aliphatic carbocycles. The smallest absolute Gasteiger partial charge is 0.173 e. The van der Waals surface area contributed by atoms with Crippen LogP contribution in [0.25, 0.3) is 0 Å². The van der Waals surface area contributed by atoms with Crippen LogP contribution < -0.4 is 0 Å². The van der Waals surface area contributed by atoms with Gasteiger partial charge in [-0.15, -0.1) is 0 Å². The molecule has 1 aromatic carbocycles. The number of ether oxygens (including phenoxy) is 1. The van der Waals surface area contributed by atoms with Gasteiger partial charge >= 0.3 is 0 Å². The van der Waals surface area contributed by atoms with Crippen LogP contribution in [0.15, 0.2) is 59.4 Å². The van der Waals surface area contributed by atoms with Gasteiger partial charge in [-0.2, -0.15) is 0 Å². The Morgan fingerprint density at radius 3 is 2.63 bits per heavy atom. The van der Waals surface area contributed by atoms with Gasteiger partial charge in [0.15, 0.2) is 11.4 Å². The van der Waals surface area contributed by atoms with Gasteiger partial charge in [0.2, 0.25) is 0 Å². The first-order valence-corrected chi connectivity index (χ1v) is 8.67. The highest BCUT2D eigenvalue weighted by molar-refractivity contribution is 5.30. The highest BCUT2D eigenvalue weighted by atomic mass is 19.1.